The molecule has 3 aromatic carbocycles. The van der Waals surface area contributed by atoms with Crippen molar-refractivity contribution in [3.63, 3.8) is 0 Å². The number of nitrogens with one attached hydrogen (secondary N) is 3. The molecule has 0 fully saturated rings. The van der Waals surface area contributed by atoms with Gasteiger partial charge in [-0.25, -0.2) is 0 Å². The summed E-state index contributed by atoms with van der Waals surface area (Å²) >= 11 is 5.24. The topological polar surface area (TPSA) is 79.5 Å². The molecule has 2 amide bonds. The van der Waals surface area contributed by atoms with Crippen LogP contribution >= 0.6 is 12.2 Å². The van der Waals surface area contributed by atoms with E-state index in [1.807, 2.05) is 30.3 Å². The maximum atomic E-state index is 12.7. The number of amides is 2. The van der Waals surface area contributed by atoms with Gasteiger partial charge in [-0.1, -0.05) is 24.3 Å². The third-order valence-corrected chi connectivity index (χ3v) is 4.21. The molecule has 3 N–H and O–H groups in total. The fourth-order valence-corrected chi connectivity index (χ4v) is 2.95. The molecule has 6 nitrogen and oxygen atoms in total. The van der Waals surface area contributed by atoms with Gasteiger partial charge in [0.25, 0.3) is 5.91 Å². The minimum Gasteiger partial charge on any atom is -0.496 e. The molecule has 0 unspecified atom stereocenters. The Kier molecular flexibility index (Phi) is 5.86. The van der Waals surface area contributed by atoms with Crippen LogP contribution in [0.4, 0.5) is 11.4 Å². The summed E-state index contributed by atoms with van der Waals surface area (Å²) in [5.41, 5.74) is 1.75. The molecule has 0 heterocycles. The van der Waals surface area contributed by atoms with Crippen molar-refractivity contribution in [2.75, 3.05) is 17.7 Å². The van der Waals surface area contributed by atoms with E-state index in [-0.39, 0.29) is 16.9 Å². The van der Waals surface area contributed by atoms with Crippen molar-refractivity contribution in [2.24, 2.45) is 0 Å². The van der Waals surface area contributed by atoms with Crippen LogP contribution in [0.15, 0.2) is 60.7 Å². The SMILES string of the molecule is COc1cc2ccccc2cc1C(=O)NC(=S)Nc1ccc(NC(C)=O)cc1. The van der Waals surface area contributed by atoms with E-state index < -0.39 is 0 Å². The van der Waals surface area contributed by atoms with E-state index in [1.54, 1.807) is 30.3 Å². The Morgan fingerprint density at radius 1 is 0.893 bits per heavy atom. The molecule has 3 rings (SSSR count). The second kappa shape index (κ2) is 8.49. The van der Waals surface area contributed by atoms with Gasteiger partial charge < -0.3 is 15.4 Å². The number of carbonyl (C=O) groups excluding carboxylic acids is 2. The number of anilines is 2. The highest BCUT2D eigenvalue weighted by Crippen LogP contribution is 2.26. The molecule has 0 bridgehead atoms. The summed E-state index contributed by atoms with van der Waals surface area (Å²) in [6.07, 6.45) is 0. The molecule has 28 heavy (non-hydrogen) atoms. The number of methoxy groups -OCH3 is 1. The average Bonchev–Trinajstić information content (AvgIpc) is 2.68. The summed E-state index contributed by atoms with van der Waals surface area (Å²) in [4.78, 5) is 23.7. The van der Waals surface area contributed by atoms with Crippen molar-refractivity contribution < 1.29 is 14.3 Å². The van der Waals surface area contributed by atoms with Crippen LogP contribution in [0.3, 0.4) is 0 Å². The van der Waals surface area contributed by atoms with Gasteiger partial charge in [-0.3, -0.25) is 14.9 Å². The first kappa shape index (κ1) is 19.3. The average molecular weight is 393 g/mol. The number of hydrogen-bond acceptors (Lipinski definition) is 4. The fraction of sp³-hybridized carbons (Fsp3) is 0.0952. The highest BCUT2D eigenvalue weighted by molar-refractivity contribution is 7.80. The van der Waals surface area contributed by atoms with Gasteiger partial charge in [-0.2, -0.15) is 0 Å². The zero-order chi connectivity index (χ0) is 20.1. The molecule has 0 atom stereocenters. The fourth-order valence-electron chi connectivity index (χ4n) is 2.74. The zero-order valence-corrected chi connectivity index (χ0v) is 16.2. The lowest BCUT2D eigenvalue weighted by atomic mass is 10.1. The lowest BCUT2D eigenvalue weighted by molar-refractivity contribution is -0.114. The largest absolute Gasteiger partial charge is 0.496 e. The van der Waals surface area contributed by atoms with Gasteiger partial charge in [0, 0.05) is 18.3 Å². The van der Waals surface area contributed by atoms with E-state index in [1.165, 1.54) is 14.0 Å². The third kappa shape index (κ3) is 4.63. The van der Waals surface area contributed by atoms with Crippen LogP contribution in [0, 0.1) is 0 Å². The number of ether oxygens (including phenoxy) is 1. The predicted octanol–water partition coefficient (Wildman–Crippen LogP) is 3.93. The van der Waals surface area contributed by atoms with Crippen LogP contribution in [0.1, 0.15) is 17.3 Å². The van der Waals surface area contributed by atoms with Gasteiger partial charge in [0.05, 0.1) is 12.7 Å². The van der Waals surface area contributed by atoms with E-state index >= 15 is 0 Å². The van der Waals surface area contributed by atoms with Crippen molar-refractivity contribution in [3.8, 4) is 5.75 Å². The minimum atomic E-state index is -0.366. The van der Waals surface area contributed by atoms with Crippen LogP contribution < -0.4 is 20.7 Å². The van der Waals surface area contributed by atoms with Gasteiger partial charge in [0.15, 0.2) is 5.11 Å². The summed E-state index contributed by atoms with van der Waals surface area (Å²) in [5, 5.41) is 10.4. The maximum Gasteiger partial charge on any atom is 0.261 e. The molecule has 0 saturated carbocycles. The third-order valence-electron chi connectivity index (χ3n) is 4.00. The van der Waals surface area contributed by atoms with Crippen LogP contribution in [0.2, 0.25) is 0 Å². The quantitative estimate of drug-likeness (QED) is 0.585. The second-order valence-electron chi connectivity index (χ2n) is 6.07. The number of carbonyl (C=O) groups is 2. The molecule has 142 valence electrons. The Balaban J connectivity index is 1.71. The molecular weight excluding hydrogens is 374 g/mol. The first-order valence-corrected chi connectivity index (χ1v) is 8.94. The van der Waals surface area contributed by atoms with E-state index in [2.05, 4.69) is 16.0 Å². The highest BCUT2D eigenvalue weighted by Gasteiger charge is 2.15. The Morgan fingerprint density at radius 3 is 2.04 bits per heavy atom. The number of rotatable bonds is 4. The lowest BCUT2D eigenvalue weighted by Crippen LogP contribution is -2.34. The van der Waals surface area contributed by atoms with Crippen LogP contribution in [-0.4, -0.2) is 24.0 Å². The van der Waals surface area contributed by atoms with Crippen LogP contribution in [0.5, 0.6) is 5.75 Å². The summed E-state index contributed by atoms with van der Waals surface area (Å²) in [6.45, 7) is 1.44. The summed E-state index contributed by atoms with van der Waals surface area (Å²) < 4.78 is 5.36. The number of hydrogen-bond donors (Lipinski definition) is 3. The van der Waals surface area contributed by atoms with Crippen molar-refractivity contribution in [1.82, 2.24) is 5.32 Å². The van der Waals surface area contributed by atoms with Crippen molar-refractivity contribution in [1.29, 1.82) is 0 Å². The smallest absolute Gasteiger partial charge is 0.261 e. The Labute approximate surface area is 167 Å². The van der Waals surface area contributed by atoms with Crippen LogP contribution in [-0.2, 0) is 4.79 Å². The molecule has 0 spiro atoms. The van der Waals surface area contributed by atoms with Crippen molar-refractivity contribution in [3.05, 3.63) is 66.2 Å². The number of fused-ring (bicyclic) bond motifs is 1. The van der Waals surface area contributed by atoms with Crippen molar-refractivity contribution >= 4 is 51.3 Å². The van der Waals surface area contributed by atoms with E-state index in [0.717, 1.165) is 10.8 Å². The lowest BCUT2D eigenvalue weighted by Gasteiger charge is -2.13. The first-order chi connectivity index (χ1) is 13.5. The zero-order valence-electron chi connectivity index (χ0n) is 15.4. The molecule has 3 aromatic rings. The number of benzene rings is 3. The Morgan fingerprint density at radius 2 is 1.46 bits per heavy atom. The van der Waals surface area contributed by atoms with E-state index in [4.69, 9.17) is 17.0 Å². The van der Waals surface area contributed by atoms with E-state index in [9.17, 15) is 9.59 Å². The maximum absolute atomic E-state index is 12.7. The number of thiocarbonyl (C=S) groups is 1. The molecule has 0 aliphatic carbocycles. The van der Waals surface area contributed by atoms with Gasteiger partial charge in [0.1, 0.15) is 5.75 Å². The summed E-state index contributed by atoms with van der Waals surface area (Å²) in [6, 6.07) is 18.3. The van der Waals surface area contributed by atoms with Crippen molar-refractivity contribution in [2.45, 2.75) is 6.92 Å². The van der Waals surface area contributed by atoms with E-state index in [0.29, 0.717) is 22.7 Å². The second-order valence-corrected chi connectivity index (χ2v) is 6.47. The van der Waals surface area contributed by atoms with Gasteiger partial charge in [-0.05, 0) is 59.4 Å². The van der Waals surface area contributed by atoms with Gasteiger partial charge >= 0.3 is 0 Å². The molecule has 0 aliphatic heterocycles. The Bertz CT molecular complexity index is 1050. The Hall–Kier alpha value is -3.45. The molecule has 7 heteroatoms. The molecule has 0 aromatic heterocycles. The molecule has 0 aliphatic rings. The normalized spacial score (nSPS) is 10.2. The molecule has 0 radical (unpaired) electrons. The summed E-state index contributed by atoms with van der Waals surface area (Å²) in [5.74, 6) is -0.0403. The summed E-state index contributed by atoms with van der Waals surface area (Å²) in [7, 11) is 1.52. The molecular formula is C21H19N3O3S. The monoisotopic (exact) mass is 393 g/mol. The minimum absolute atomic E-state index is 0.146. The highest BCUT2D eigenvalue weighted by atomic mass is 32.1. The van der Waals surface area contributed by atoms with Gasteiger partial charge in [0.2, 0.25) is 5.91 Å². The first-order valence-electron chi connectivity index (χ1n) is 8.53. The predicted molar refractivity (Wildman–Crippen MR) is 115 cm³/mol. The van der Waals surface area contributed by atoms with Gasteiger partial charge in [-0.15, -0.1) is 0 Å². The molecule has 0 saturated heterocycles. The standard InChI is InChI=1S/C21H19N3O3S/c1-13(25)22-16-7-9-17(10-8-16)23-21(28)24-20(26)18-11-14-5-3-4-6-15(14)12-19(18)27-2/h3-12H,1-2H3,(H,22,25)(H2,23,24,26,28). The van der Waals surface area contributed by atoms with Crippen LogP contribution in [0.25, 0.3) is 10.8 Å².